The number of aliphatic carboxylic acids is 1. The Morgan fingerprint density at radius 3 is 2.53 bits per heavy atom. The van der Waals surface area contributed by atoms with E-state index in [2.05, 4.69) is 5.32 Å². The minimum atomic E-state index is -1.24. The Morgan fingerprint density at radius 1 is 1.42 bits per heavy atom. The molecule has 0 saturated carbocycles. The predicted molar refractivity (Wildman–Crippen MR) is 67.7 cm³/mol. The summed E-state index contributed by atoms with van der Waals surface area (Å²) in [5.41, 5.74) is -1.14. The normalized spacial score (nSPS) is 10.9. The Morgan fingerprint density at radius 2 is 2.05 bits per heavy atom. The highest BCUT2D eigenvalue weighted by atomic mass is 19.1. The van der Waals surface area contributed by atoms with Gasteiger partial charge in [0, 0.05) is 5.69 Å². The zero-order valence-electron chi connectivity index (χ0n) is 11.0. The molecule has 0 fully saturated rings. The van der Waals surface area contributed by atoms with Crippen molar-refractivity contribution in [3.8, 4) is 0 Å². The molecule has 0 amide bonds. The van der Waals surface area contributed by atoms with Gasteiger partial charge in [0.05, 0.1) is 12.2 Å². The summed E-state index contributed by atoms with van der Waals surface area (Å²) in [7, 11) is 0. The van der Waals surface area contributed by atoms with E-state index in [9.17, 15) is 14.0 Å². The lowest BCUT2D eigenvalue weighted by molar-refractivity contribution is -0.141. The smallest absolute Gasteiger partial charge is 0.341 e. The number of carboxylic acids is 1. The summed E-state index contributed by atoms with van der Waals surface area (Å²) < 4.78 is 18.4. The van der Waals surface area contributed by atoms with Gasteiger partial charge in [-0.2, -0.15) is 0 Å². The van der Waals surface area contributed by atoms with Crippen LogP contribution in [0.3, 0.4) is 0 Å². The number of nitrogens with one attached hydrogen (secondary N) is 1. The third kappa shape index (κ3) is 3.67. The quantitative estimate of drug-likeness (QED) is 0.802. The van der Waals surface area contributed by atoms with Crippen LogP contribution in [0.4, 0.5) is 10.1 Å². The van der Waals surface area contributed by atoms with Crippen LogP contribution < -0.4 is 5.32 Å². The molecule has 0 aromatic heterocycles. The van der Waals surface area contributed by atoms with E-state index in [4.69, 9.17) is 9.84 Å². The fraction of sp³-hybridized carbons (Fsp3) is 0.385. The summed E-state index contributed by atoms with van der Waals surface area (Å²) in [6.45, 7) is 4.68. The van der Waals surface area contributed by atoms with Crippen LogP contribution >= 0.6 is 0 Å². The van der Waals surface area contributed by atoms with Crippen molar-refractivity contribution >= 4 is 17.6 Å². The maximum absolute atomic E-state index is 13.7. The van der Waals surface area contributed by atoms with Crippen molar-refractivity contribution in [2.75, 3.05) is 11.9 Å². The van der Waals surface area contributed by atoms with Gasteiger partial charge < -0.3 is 15.2 Å². The third-order valence-corrected chi connectivity index (χ3v) is 2.46. The van der Waals surface area contributed by atoms with Crippen LogP contribution in [-0.2, 0) is 9.53 Å². The maximum Gasteiger partial charge on any atom is 0.341 e. The Kier molecular flexibility index (Phi) is 4.47. The number of rotatable bonds is 5. The Bertz CT molecular complexity index is 499. The largest absolute Gasteiger partial charge is 0.480 e. The zero-order valence-corrected chi connectivity index (χ0v) is 11.0. The SMILES string of the molecule is CCOC(=O)c1ccc(NC(C)(C)C(=O)O)cc1F. The molecule has 0 aliphatic carbocycles. The molecule has 0 unspecified atom stereocenters. The van der Waals surface area contributed by atoms with Crippen molar-refractivity contribution in [1.29, 1.82) is 0 Å². The molecular weight excluding hydrogens is 253 g/mol. The van der Waals surface area contributed by atoms with E-state index in [-0.39, 0.29) is 17.9 Å². The summed E-state index contributed by atoms with van der Waals surface area (Å²) >= 11 is 0. The lowest BCUT2D eigenvalue weighted by Gasteiger charge is -2.22. The van der Waals surface area contributed by atoms with Gasteiger partial charge in [-0.25, -0.2) is 14.0 Å². The Hall–Kier alpha value is -2.11. The molecule has 104 valence electrons. The molecule has 0 heterocycles. The number of hydrogen-bond donors (Lipinski definition) is 2. The third-order valence-electron chi connectivity index (χ3n) is 2.46. The lowest BCUT2D eigenvalue weighted by atomic mass is 10.1. The van der Waals surface area contributed by atoms with Crippen molar-refractivity contribution < 1.29 is 23.8 Å². The standard InChI is InChI=1S/C13H16FNO4/c1-4-19-11(16)9-6-5-8(7-10(9)14)15-13(2,3)12(17)18/h5-7,15H,4H2,1-3H3,(H,17,18). The van der Waals surface area contributed by atoms with Crippen LogP contribution in [-0.4, -0.2) is 29.2 Å². The van der Waals surface area contributed by atoms with E-state index in [0.29, 0.717) is 0 Å². The Balaban J connectivity index is 2.94. The summed E-state index contributed by atoms with van der Waals surface area (Å²) in [6, 6.07) is 3.75. The number of halogens is 1. The molecule has 2 N–H and O–H groups in total. The van der Waals surface area contributed by atoms with E-state index in [1.807, 2.05) is 0 Å². The lowest BCUT2D eigenvalue weighted by Crippen LogP contribution is -2.39. The van der Waals surface area contributed by atoms with Crippen molar-refractivity contribution in [3.05, 3.63) is 29.6 Å². The highest BCUT2D eigenvalue weighted by Gasteiger charge is 2.27. The molecule has 0 radical (unpaired) electrons. The average Bonchev–Trinajstić information content (AvgIpc) is 2.28. The van der Waals surface area contributed by atoms with Crippen molar-refractivity contribution in [3.63, 3.8) is 0 Å². The number of carbonyl (C=O) groups excluding carboxylic acids is 1. The first kappa shape index (κ1) is 14.9. The first-order valence-corrected chi connectivity index (χ1v) is 5.76. The van der Waals surface area contributed by atoms with Crippen molar-refractivity contribution in [1.82, 2.24) is 0 Å². The van der Waals surface area contributed by atoms with E-state index in [0.717, 1.165) is 6.07 Å². The highest BCUT2D eigenvalue weighted by molar-refractivity contribution is 5.90. The number of anilines is 1. The van der Waals surface area contributed by atoms with Crippen molar-refractivity contribution in [2.45, 2.75) is 26.3 Å². The van der Waals surface area contributed by atoms with E-state index < -0.39 is 23.3 Å². The minimum Gasteiger partial charge on any atom is -0.480 e. The van der Waals surface area contributed by atoms with E-state index in [1.165, 1.54) is 26.0 Å². The first-order valence-electron chi connectivity index (χ1n) is 5.76. The molecule has 0 aliphatic heterocycles. The molecule has 0 spiro atoms. The van der Waals surface area contributed by atoms with Gasteiger partial charge in [0.15, 0.2) is 0 Å². The number of esters is 1. The van der Waals surface area contributed by atoms with Gasteiger partial charge in [0.25, 0.3) is 0 Å². The summed E-state index contributed by atoms with van der Waals surface area (Å²) in [4.78, 5) is 22.3. The Labute approximate surface area is 110 Å². The summed E-state index contributed by atoms with van der Waals surface area (Å²) in [5, 5.41) is 11.6. The van der Waals surface area contributed by atoms with Gasteiger partial charge in [-0.3, -0.25) is 0 Å². The molecule has 1 aromatic rings. The predicted octanol–water partition coefficient (Wildman–Crippen LogP) is 2.28. The molecule has 0 saturated heterocycles. The van der Waals surface area contributed by atoms with Crippen LogP contribution in [0.1, 0.15) is 31.1 Å². The average molecular weight is 269 g/mol. The molecule has 0 atom stereocenters. The fourth-order valence-electron chi connectivity index (χ4n) is 1.38. The van der Waals surface area contributed by atoms with Gasteiger partial charge >= 0.3 is 11.9 Å². The van der Waals surface area contributed by atoms with Gasteiger partial charge in [-0.1, -0.05) is 0 Å². The zero-order chi connectivity index (χ0) is 14.6. The molecular formula is C13H16FNO4. The molecule has 6 heteroatoms. The van der Waals surface area contributed by atoms with Crippen LogP contribution in [0, 0.1) is 5.82 Å². The van der Waals surface area contributed by atoms with Gasteiger partial charge in [-0.15, -0.1) is 0 Å². The van der Waals surface area contributed by atoms with E-state index >= 15 is 0 Å². The number of carboxylic acid groups (broad SMARTS) is 1. The molecule has 0 aliphatic rings. The van der Waals surface area contributed by atoms with Gasteiger partial charge in [-0.05, 0) is 39.0 Å². The molecule has 0 bridgehead atoms. The molecule has 1 rings (SSSR count). The number of ether oxygens (including phenoxy) is 1. The molecule has 1 aromatic carbocycles. The van der Waals surface area contributed by atoms with Crippen LogP contribution in [0.2, 0.25) is 0 Å². The number of hydrogen-bond acceptors (Lipinski definition) is 4. The maximum atomic E-state index is 13.7. The number of benzene rings is 1. The van der Waals surface area contributed by atoms with Crippen LogP contribution in [0.5, 0.6) is 0 Å². The van der Waals surface area contributed by atoms with Gasteiger partial charge in [0.1, 0.15) is 11.4 Å². The number of carbonyl (C=O) groups is 2. The van der Waals surface area contributed by atoms with Gasteiger partial charge in [0.2, 0.25) is 0 Å². The second-order valence-electron chi connectivity index (χ2n) is 4.47. The van der Waals surface area contributed by atoms with Crippen molar-refractivity contribution in [2.24, 2.45) is 0 Å². The second-order valence-corrected chi connectivity index (χ2v) is 4.47. The second kappa shape index (κ2) is 5.69. The monoisotopic (exact) mass is 269 g/mol. The fourth-order valence-corrected chi connectivity index (χ4v) is 1.38. The molecule has 19 heavy (non-hydrogen) atoms. The highest BCUT2D eigenvalue weighted by Crippen LogP contribution is 2.19. The van der Waals surface area contributed by atoms with Crippen LogP contribution in [0.25, 0.3) is 0 Å². The molecule has 5 nitrogen and oxygen atoms in total. The summed E-state index contributed by atoms with van der Waals surface area (Å²) in [5.74, 6) is -2.57. The minimum absolute atomic E-state index is 0.157. The first-order chi connectivity index (χ1) is 8.77. The van der Waals surface area contributed by atoms with Crippen LogP contribution in [0.15, 0.2) is 18.2 Å². The summed E-state index contributed by atoms with van der Waals surface area (Å²) in [6.07, 6.45) is 0. The topological polar surface area (TPSA) is 75.6 Å². The van der Waals surface area contributed by atoms with E-state index in [1.54, 1.807) is 6.92 Å².